The summed E-state index contributed by atoms with van der Waals surface area (Å²) in [7, 11) is 2.16. The van der Waals surface area contributed by atoms with Crippen molar-refractivity contribution in [2.45, 2.75) is 82.3 Å². The highest BCUT2D eigenvalue weighted by Gasteiger charge is 2.42. The van der Waals surface area contributed by atoms with Gasteiger partial charge in [0.15, 0.2) is 5.78 Å². The number of hydrogen-bond acceptors (Lipinski definition) is 7. The van der Waals surface area contributed by atoms with Crippen LogP contribution in [0.15, 0.2) is 36.5 Å². The third-order valence-corrected chi connectivity index (χ3v) is 9.85. The van der Waals surface area contributed by atoms with Crippen LogP contribution in [0.2, 0.25) is 0 Å². The van der Waals surface area contributed by atoms with Gasteiger partial charge in [-0.05, 0) is 120 Å². The van der Waals surface area contributed by atoms with Gasteiger partial charge in [-0.3, -0.25) is 14.4 Å². The van der Waals surface area contributed by atoms with E-state index in [2.05, 4.69) is 27.5 Å². The van der Waals surface area contributed by atoms with Crippen molar-refractivity contribution in [1.82, 2.24) is 15.2 Å². The van der Waals surface area contributed by atoms with Crippen LogP contribution in [-0.4, -0.2) is 72.3 Å². The number of fused-ring (bicyclic) bond motifs is 2. The van der Waals surface area contributed by atoms with Crippen LogP contribution in [0.3, 0.4) is 0 Å². The molecule has 4 heterocycles. The molecule has 4 fully saturated rings. The third kappa shape index (κ3) is 6.61. The van der Waals surface area contributed by atoms with Gasteiger partial charge in [-0.2, -0.15) is 0 Å². The molecular weight excluding hydrogens is 528 g/mol. The number of pyridine rings is 1. The molecule has 2 aromatic rings. The zero-order chi connectivity index (χ0) is 29.2. The molecule has 224 valence electrons. The van der Waals surface area contributed by atoms with Crippen molar-refractivity contribution in [1.29, 1.82) is 0 Å². The average molecular weight is 573 g/mol. The molecule has 4 N–H and O–H groups in total. The fourth-order valence-electron chi connectivity index (χ4n) is 7.09. The lowest BCUT2D eigenvalue weighted by molar-refractivity contribution is 0.0924. The minimum absolute atomic E-state index is 0.0744. The van der Waals surface area contributed by atoms with Crippen molar-refractivity contribution in [2.24, 2.45) is 17.6 Å². The summed E-state index contributed by atoms with van der Waals surface area (Å²) in [4.78, 5) is 47.5. The maximum absolute atomic E-state index is 13.2. The van der Waals surface area contributed by atoms with Crippen molar-refractivity contribution in [3.63, 3.8) is 0 Å². The number of nitrogens with zero attached hydrogens (tertiary/aromatic N) is 3. The highest BCUT2D eigenvalue weighted by atomic mass is 16.2. The van der Waals surface area contributed by atoms with E-state index in [0.29, 0.717) is 52.7 Å². The van der Waals surface area contributed by atoms with E-state index in [4.69, 9.17) is 10.7 Å². The highest BCUT2D eigenvalue weighted by Crippen LogP contribution is 2.39. The Kier molecular flexibility index (Phi) is 8.47. The van der Waals surface area contributed by atoms with Crippen LogP contribution in [-0.2, 0) is 0 Å². The van der Waals surface area contributed by atoms with E-state index >= 15 is 0 Å². The summed E-state index contributed by atoms with van der Waals surface area (Å²) in [6, 6.07) is 9.71. The number of benzene rings is 1. The molecular formula is C33H44N6O3. The van der Waals surface area contributed by atoms with Gasteiger partial charge >= 0.3 is 0 Å². The van der Waals surface area contributed by atoms with Crippen molar-refractivity contribution >= 4 is 29.1 Å². The first-order valence-corrected chi connectivity index (χ1v) is 15.8. The molecule has 42 heavy (non-hydrogen) atoms. The first-order chi connectivity index (χ1) is 20.3. The Morgan fingerprint density at radius 2 is 1.64 bits per heavy atom. The molecule has 3 saturated heterocycles. The lowest BCUT2D eigenvalue weighted by Crippen LogP contribution is -2.50. The Morgan fingerprint density at radius 3 is 2.29 bits per heavy atom. The Hall–Kier alpha value is -3.46. The lowest BCUT2D eigenvalue weighted by Gasteiger charge is -2.40. The van der Waals surface area contributed by atoms with Crippen LogP contribution in [0.1, 0.15) is 95.3 Å². The number of nitrogens with two attached hydrogens (primary N) is 1. The van der Waals surface area contributed by atoms with Gasteiger partial charge in [0, 0.05) is 54.1 Å². The largest absolute Gasteiger partial charge is 0.384 e. The van der Waals surface area contributed by atoms with Crippen LogP contribution < -0.4 is 21.3 Å². The predicted molar refractivity (Wildman–Crippen MR) is 164 cm³/mol. The van der Waals surface area contributed by atoms with Gasteiger partial charge in [-0.25, -0.2) is 4.98 Å². The molecule has 2 amide bonds. The standard InChI is InChI=1S/C33H44N6O3/c1-38-14-12-21(13-15-38)4-10-30(40)24-6-11-31(36-20-24)39-26-7-8-27(39)18-25(17-26)37-33(42)23-5-9-28(32(34)41)29(16-23)35-19-22-2-3-22/h5-6,9,11,16,20-22,25-27,35H,2-4,7-8,10,12-15,17-19H2,1H3,(H2,34,41)(H,37,42)/t25?,26-,27+. The quantitative estimate of drug-likeness (QED) is 0.345. The molecule has 3 atom stereocenters. The van der Waals surface area contributed by atoms with Crippen molar-refractivity contribution in [2.75, 3.05) is 36.9 Å². The van der Waals surface area contributed by atoms with Crippen LogP contribution >= 0.6 is 0 Å². The second-order valence-corrected chi connectivity index (χ2v) is 13.0. The van der Waals surface area contributed by atoms with Gasteiger partial charge in [-0.1, -0.05) is 0 Å². The fraction of sp³-hybridized carbons (Fsp3) is 0.576. The van der Waals surface area contributed by atoms with Crippen molar-refractivity contribution in [3.8, 4) is 0 Å². The summed E-state index contributed by atoms with van der Waals surface area (Å²) >= 11 is 0. The molecule has 1 saturated carbocycles. The SMILES string of the molecule is CN1CCC(CCC(=O)c2ccc(N3[C@@H]4CC[C@H]3CC(NC(=O)c3ccc(C(N)=O)c(NCC5CC5)c3)C4)nc2)CC1. The number of Topliss-reactive ketones (excluding diaryl/α,β-unsaturated/α-hetero) is 1. The molecule has 9 nitrogen and oxygen atoms in total. The number of primary amides is 1. The van der Waals surface area contributed by atoms with Crippen LogP contribution in [0.5, 0.6) is 0 Å². The Morgan fingerprint density at radius 1 is 0.929 bits per heavy atom. The first kappa shape index (κ1) is 28.6. The van der Waals surface area contributed by atoms with Gasteiger partial charge in [0.2, 0.25) is 0 Å². The first-order valence-electron chi connectivity index (χ1n) is 15.8. The number of nitrogens with one attached hydrogen (secondary N) is 2. The number of ketones is 1. The lowest BCUT2D eigenvalue weighted by atomic mass is 9.91. The minimum Gasteiger partial charge on any atom is -0.384 e. The molecule has 0 spiro atoms. The van der Waals surface area contributed by atoms with Gasteiger partial charge in [-0.15, -0.1) is 0 Å². The number of carbonyl (C=O) groups excluding carboxylic acids is 3. The maximum atomic E-state index is 13.2. The van der Waals surface area contributed by atoms with E-state index < -0.39 is 5.91 Å². The molecule has 2 bridgehead atoms. The second-order valence-electron chi connectivity index (χ2n) is 13.0. The molecule has 4 aliphatic rings. The number of amides is 2. The topological polar surface area (TPSA) is 121 Å². The molecule has 1 aromatic carbocycles. The van der Waals surface area contributed by atoms with E-state index in [1.54, 1.807) is 24.4 Å². The number of hydrogen-bond donors (Lipinski definition) is 3. The molecule has 1 aliphatic carbocycles. The fourth-order valence-corrected chi connectivity index (χ4v) is 7.09. The Balaban J connectivity index is 1.03. The summed E-state index contributed by atoms with van der Waals surface area (Å²) in [5.41, 5.74) is 7.85. The number of rotatable bonds is 11. The summed E-state index contributed by atoms with van der Waals surface area (Å²) in [6.07, 6.45) is 11.9. The molecule has 9 heteroatoms. The summed E-state index contributed by atoms with van der Waals surface area (Å²) in [5, 5.41) is 6.57. The highest BCUT2D eigenvalue weighted by molar-refractivity contribution is 6.02. The second kappa shape index (κ2) is 12.4. The van der Waals surface area contributed by atoms with Gasteiger partial charge < -0.3 is 26.2 Å². The Bertz CT molecular complexity index is 1290. The summed E-state index contributed by atoms with van der Waals surface area (Å²) in [6.45, 7) is 3.04. The van der Waals surface area contributed by atoms with E-state index in [9.17, 15) is 14.4 Å². The van der Waals surface area contributed by atoms with E-state index in [0.717, 1.165) is 57.6 Å². The Labute approximate surface area is 248 Å². The van der Waals surface area contributed by atoms with Crippen LogP contribution in [0, 0.1) is 11.8 Å². The van der Waals surface area contributed by atoms with E-state index in [-0.39, 0.29) is 17.7 Å². The van der Waals surface area contributed by atoms with Crippen molar-refractivity contribution < 1.29 is 14.4 Å². The predicted octanol–water partition coefficient (Wildman–Crippen LogP) is 4.24. The minimum atomic E-state index is -0.497. The van der Waals surface area contributed by atoms with Gasteiger partial charge in [0.25, 0.3) is 11.8 Å². The molecule has 0 radical (unpaired) electrons. The monoisotopic (exact) mass is 572 g/mol. The molecule has 1 aromatic heterocycles. The molecule has 6 rings (SSSR count). The van der Waals surface area contributed by atoms with E-state index in [1.807, 2.05) is 12.1 Å². The zero-order valence-electron chi connectivity index (χ0n) is 24.7. The van der Waals surface area contributed by atoms with E-state index in [1.165, 1.54) is 25.7 Å². The normalized spacial score (nSPS) is 24.4. The third-order valence-electron chi connectivity index (χ3n) is 9.85. The number of aromatic nitrogens is 1. The maximum Gasteiger partial charge on any atom is 0.251 e. The van der Waals surface area contributed by atoms with Gasteiger partial charge in [0.05, 0.1) is 5.56 Å². The average Bonchev–Trinajstić information content (AvgIpc) is 3.78. The summed E-state index contributed by atoms with van der Waals surface area (Å²) < 4.78 is 0. The zero-order valence-corrected chi connectivity index (χ0v) is 24.7. The molecule has 1 unspecified atom stereocenters. The number of piperidine rings is 2. The van der Waals surface area contributed by atoms with Crippen molar-refractivity contribution in [3.05, 3.63) is 53.2 Å². The van der Waals surface area contributed by atoms with Crippen LogP contribution in [0.25, 0.3) is 0 Å². The summed E-state index contributed by atoms with van der Waals surface area (Å²) in [5.74, 6) is 1.77. The smallest absolute Gasteiger partial charge is 0.251 e. The number of likely N-dealkylation sites (tertiary alicyclic amines) is 1. The van der Waals surface area contributed by atoms with Gasteiger partial charge in [0.1, 0.15) is 5.82 Å². The molecule has 3 aliphatic heterocycles. The number of anilines is 2. The number of carbonyl (C=O) groups is 3. The van der Waals surface area contributed by atoms with Crippen LogP contribution in [0.4, 0.5) is 11.5 Å².